The van der Waals surface area contributed by atoms with Gasteiger partial charge in [-0.25, -0.2) is 13.4 Å². The average Bonchev–Trinajstić information content (AvgIpc) is 2.62. The number of sulfonamides is 1. The van der Waals surface area contributed by atoms with E-state index >= 15 is 0 Å². The van der Waals surface area contributed by atoms with Gasteiger partial charge in [-0.1, -0.05) is 23.7 Å². The molecule has 26 heavy (non-hydrogen) atoms. The maximum Gasteiger partial charge on any atom is 0.244 e. The van der Waals surface area contributed by atoms with Crippen molar-refractivity contribution in [1.82, 2.24) is 14.2 Å². The van der Waals surface area contributed by atoms with Crippen LogP contribution < -0.4 is 4.90 Å². The molecule has 1 aliphatic heterocycles. The second-order valence-corrected chi connectivity index (χ2v) is 8.92. The highest BCUT2D eigenvalue weighted by atomic mass is 35.5. The molecule has 0 aliphatic carbocycles. The highest BCUT2D eigenvalue weighted by molar-refractivity contribution is 7.89. The van der Waals surface area contributed by atoms with E-state index in [1.54, 1.807) is 12.1 Å². The minimum atomic E-state index is -3.48. The zero-order valence-electron chi connectivity index (χ0n) is 15.0. The third-order valence-electron chi connectivity index (χ3n) is 4.52. The van der Waals surface area contributed by atoms with Gasteiger partial charge in [0.15, 0.2) is 0 Å². The van der Waals surface area contributed by atoms with Gasteiger partial charge in [0.2, 0.25) is 10.0 Å². The highest BCUT2D eigenvalue weighted by Gasteiger charge is 2.27. The summed E-state index contributed by atoms with van der Waals surface area (Å²) in [5.41, 5.74) is 1.07. The Bertz CT molecular complexity index is 850. The number of hydrogen-bond acceptors (Lipinski definition) is 5. The van der Waals surface area contributed by atoms with E-state index in [0.717, 1.165) is 18.7 Å². The number of nitrogens with zero attached hydrogens (tertiary/aromatic N) is 4. The number of halogens is 1. The van der Waals surface area contributed by atoms with Crippen molar-refractivity contribution in [2.24, 2.45) is 0 Å². The Kier molecular flexibility index (Phi) is 5.82. The molecule has 8 heteroatoms. The van der Waals surface area contributed by atoms with Crippen LogP contribution in [0.3, 0.4) is 0 Å². The molecule has 0 amide bonds. The van der Waals surface area contributed by atoms with Crippen molar-refractivity contribution in [1.29, 1.82) is 0 Å². The zero-order chi connectivity index (χ0) is 18.7. The van der Waals surface area contributed by atoms with Gasteiger partial charge in [0.1, 0.15) is 10.7 Å². The van der Waals surface area contributed by atoms with Gasteiger partial charge in [-0.15, -0.1) is 0 Å². The summed E-state index contributed by atoms with van der Waals surface area (Å²) in [6.45, 7) is 3.14. The standard InChI is InChI=1S/C18H23ClN4O2S/c1-21-8-10-23(11-9-21)26(24,25)17-6-7-18(20-13-17)22(2)14-15-4-3-5-16(19)12-15/h3-7,12-13H,8-11,14H2,1-2H3. The van der Waals surface area contributed by atoms with Crippen LogP contribution in [0.1, 0.15) is 5.56 Å². The van der Waals surface area contributed by atoms with E-state index in [-0.39, 0.29) is 4.90 Å². The Hall–Kier alpha value is -1.67. The lowest BCUT2D eigenvalue weighted by molar-refractivity contribution is 0.222. The molecule has 0 spiro atoms. The molecule has 1 fully saturated rings. The number of anilines is 1. The van der Waals surface area contributed by atoms with Crippen LogP contribution in [0, 0.1) is 0 Å². The molecule has 0 N–H and O–H groups in total. The number of likely N-dealkylation sites (N-methyl/N-ethyl adjacent to an activating group) is 1. The highest BCUT2D eigenvalue weighted by Crippen LogP contribution is 2.20. The summed E-state index contributed by atoms with van der Waals surface area (Å²) in [6.07, 6.45) is 1.44. The van der Waals surface area contributed by atoms with Crippen LogP contribution >= 0.6 is 11.6 Å². The van der Waals surface area contributed by atoms with Crippen LogP contribution in [0.4, 0.5) is 5.82 Å². The Morgan fingerprint density at radius 2 is 1.88 bits per heavy atom. The van der Waals surface area contributed by atoms with Crippen molar-refractivity contribution in [2.75, 3.05) is 45.2 Å². The first-order valence-corrected chi connectivity index (χ1v) is 10.3. The van der Waals surface area contributed by atoms with Crippen LogP contribution in [0.2, 0.25) is 5.02 Å². The van der Waals surface area contributed by atoms with Crippen molar-refractivity contribution < 1.29 is 8.42 Å². The number of piperazine rings is 1. The quantitative estimate of drug-likeness (QED) is 0.778. The van der Waals surface area contributed by atoms with Crippen molar-refractivity contribution in [2.45, 2.75) is 11.4 Å². The summed E-state index contributed by atoms with van der Waals surface area (Å²) in [4.78, 5) is 8.67. The van der Waals surface area contributed by atoms with Crippen LogP contribution in [-0.2, 0) is 16.6 Å². The molecular weight excluding hydrogens is 372 g/mol. The molecule has 1 aromatic carbocycles. The summed E-state index contributed by atoms with van der Waals surface area (Å²) in [5.74, 6) is 0.710. The van der Waals surface area contributed by atoms with Gasteiger partial charge < -0.3 is 9.80 Å². The van der Waals surface area contributed by atoms with Crippen LogP contribution in [-0.4, -0.2) is 62.9 Å². The number of pyridine rings is 1. The second-order valence-electron chi connectivity index (χ2n) is 6.55. The first kappa shape index (κ1) is 19.1. The third-order valence-corrected chi connectivity index (χ3v) is 6.64. The summed E-state index contributed by atoms with van der Waals surface area (Å²) in [5, 5.41) is 0.692. The number of benzene rings is 1. The minimum absolute atomic E-state index is 0.238. The van der Waals surface area contributed by atoms with Crippen molar-refractivity contribution in [3.8, 4) is 0 Å². The molecule has 2 aromatic rings. The van der Waals surface area contributed by atoms with Gasteiger partial charge in [0.25, 0.3) is 0 Å². The van der Waals surface area contributed by atoms with Crippen molar-refractivity contribution >= 4 is 27.4 Å². The lowest BCUT2D eigenvalue weighted by Gasteiger charge is -2.31. The molecule has 0 saturated carbocycles. The Balaban J connectivity index is 1.71. The summed E-state index contributed by atoms with van der Waals surface area (Å²) in [6, 6.07) is 11.0. The monoisotopic (exact) mass is 394 g/mol. The van der Waals surface area contributed by atoms with Crippen molar-refractivity contribution in [3.63, 3.8) is 0 Å². The molecule has 0 unspecified atom stereocenters. The lowest BCUT2D eigenvalue weighted by atomic mass is 10.2. The van der Waals surface area contributed by atoms with E-state index in [4.69, 9.17) is 11.6 Å². The fourth-order valence-corrected chi connectivity index (χ4v) is 4.50. The molecule has 2 heterocycles. The van der Waals surface area contributed by atoms with Crippen LogP contribution in [0.25, 0.3) is 0 Å². The van der Waals surface area contributed by atoms with Crippen molar-refractivity contribution in [3.05, 3.63) is 53.2 Å². The maximum absolute atomic E-state index is 12.7. The first-order chi connectivity index (χ1) is 12.4. The predicted molar refractivity (Wildman–Crippen MR) is 104 cm³/mol. The number of aromatic nitrogens is 1. The fraction of sp³-hybridized carbons (Fsp3) is 0.389. The van der Waals surface area contributed by atoms with Gasteiger partial charge in [-0.2, -0.15) is 4.31 Å². The molecule has 6 nitrogen and oxygen atoms in total. The van der Waals surface area contributed by atoms with Gasteiger partial charge in [0, 0.05) is 51.0 Å². The van der Waals surface area contributed by atoms with E-state index in [9.17, 15) is 8.42 Å². The van der Waals surface area contributed by atoms with Gasteiger partial charge in [-0.05, 0) is 36.9 Å². The Labute approximate surface area is 160 Å². The van der Waals surface area contributed by atoms with E-state index < -0.39 is 10.0 Å². The summed E-state index contributed by atoms with van der Waals surface area (Å²) in [7, 11) is 0.426. The lowest BCUT2D eigenvalue weighted by Crippen LogP contribution is -2.47. The maximum atomic E-state index is 12.7. The first-order valence-electron chi connectivity index (χ1n) is 8.46. The topological polar surface area (TPSA) is 56.8 Å². The van der Waals surface area contributed by atoms with Gasteiger partial charge in [0.05, 0.1) is 0 Å². The Morgan fingerprint density at radius 1 is 1.15 bits per heavy atom. The van der Waals surface area contributed by atoms with Crippen LogP contribution in [0.15, 0.2) is 47.5 Å². The SMILES string of the molecule is CN1CCN(S(=O)(=O)c2ccc(N(C)Cc3cccc(Cl)c3)nc2)CC1. The third kappa shape index (κ3) is 4.35. The van der Waals surface area contributed by atoms with E-state index in [2.05, 4.69) is 9.88 Å². The fourth-order valence-electron chi connectivity index (χ4n) is 2.92. The molecule has 140 valence electrons. The number of hydrogen-bond donors (Lipinski definition) is 0. The van der Waals surface area contributed by atoms with E-state index in [1.807, 2.05) is 43.3 Å². The molecular formula is C18H23ClN4O2S. The van der Waals surface area contributed by atoms with E-state index in [1.165, 1.54) is 10.5 Å². The van der Waals surface area contributed by atoms with Crippen LogP contribution in [0.5, 0.6) is 0 Å². The molecule has 0 radical (unpaired) electrons. The van der Waals surface area contributed by atoms with Gasteiger partial charge in [-0.3, -0.25) is 0 Å². The predicted octanol–water partition coefficient (Wildman–Crippen LogP) is 2.31. The van der Waals surface area contributed by atoms with E-state index in [0.29, 0.717) is 30.5 Å². The zero-order valence-corrected chi connectivity index (χ0v) is 16.5. The molecule has 0 bridgehead atoms. The number of rotatable bonds is 5. The largest absolute Gasteiger partial charge is 0.355 e. The minimum Gasteiger partial charge on any atom is -0.355 e. The molecule has 3 rings (SSSR count). The van der Waals surface area contributed by atoms with Gasteiger partial charge >= 0.3 is 0 Å². The molecule has 0 atom stereocenters. The second kappa shape index (κ2) is 7.92. The normalized spacial score (nSPS) is 16.6. The summed E-state index contributed by atoms with van der Waals surface area (Å²) < 4.78 is 27.0. The average molecular weight is 395 g/mol. The molecule has 1 aliphatic rings. The Morgan fingerprint density at radius 3 is 2.50 bits per heavy atom. The molecule has 1 saturated heterocycles. The summed E-state index contributed by atoms with van der Waals surface area (Å²) >= 11 is 6.02. The smallest absolute Gasteiger partial charge is 0.244 e. The molecule has 1 aromatic heterocycles.